The number of hydrogen-bond donors (Lipinski definition) is 0. The molecular weight excluding hydrogens is 673 g/mol. The van der Waals surface area contributed by atoms with E-state index in [4.69, 9.17) is 0 Å². The van der Waals surface area contributed by atoms with Crippen molar-refractivity contribution >= 4 is 0 Å². The molecule has 0 amide bonds. The number of allylic oxidation sites excluding steroid dienone is 11. The maximum Gasteiger partial charge on any atom is -0.0228 e. The molecule has 0 bridgehead atoms. The summed E-state index contributed by atoms with van der Waals surface area (Å²) in [7, 11) is 0. The standard InChI is InChI=1S/C12H20.C10H14.C10H18.C9H14.C5H12.3C2H6.C2H4.2CH4/c1-5-9(2)12-8-6-7-10(3)11(12)4;1-4-10-6-5-8(2)9(3)7-10;1-6-9(4)7-10(5)8(2)3;1-5-6-9(4)7-8(2)3;1-5(2,3)4;4*1-2;;/h5,10H,6-8H2,1-4H3;5-7H,4H2,1-3H3;9H,2,5-7H2,1,3-4H3;5-7H,2H2,1,3-4H3;1-4H3;3*1-2H3;1-2H2;2*1H4/b9-5-;;;6-5-,9-7-;;;;;;;/t10-;;;;;;;;;;/m0........../s1. The molecule has 1 aliphatic rings. The van der Waals surface area contributed by atoms with Crippen LogP contribution in [0.5, 0.6) is 0 Å². The molecule has 0 heteroatoms. The third-order valence-electron chi connectivity index (χ3n) is 7.97. The van der Waals surface area contributed by atoms with Gasteiger partial charge in [0.15, 0.2) is 0 Å². The van der Waals surface area contributed by atoms with E-state index in [0.29, 0.717) is 5.41 Å². The summed E-state index contributed by atoms with van der Waals surface area (Å²) < 4.78 is 0. The van der Waals surface area contributed by atoms with E-state index >= 15 is 0 Å². The lowest BCUT2D eigenvalue weighted by Crippen LogP contribution is -2.07. The van der Waals surface area contributed by atoms with E-state index in [9.17, 15) is 0 Å². The Bertz CT molecular complexity index is 1160. The molecule has 0 saturated heterocycles. The highest BCUT2D eigenvalue weighted by atomic mass is 14.2. The molecule has 0 heterocycles. The van der Waals surface area contributed by atoms with Crippen molar-refractivity contribution in [3.63, 3.8) is 0 Å². The fourth-order valence-electron chi connectivity index (χ4n) is 4.44. The second-order valence-corrected chi connectivity index (χ2v) is 15.0. The smallest absolute Gasteiger partial charge is 0.0228 e. The van der Waals surface area contributed by atoms with Gasteiger partial charge >= 0.3 is 0 Å². The summed E-state index contributed by atoms with van der Waals surface area (Å²) in [6.45, 7) is 66.3. The molecule has 2 atom stereocenters. The van der Waals surface area contributed by atoms with Crippen LogP contribution >= 0.6 is 0 Å². The van der Waals surface area contributed by atoms with Crippen LogP contribution in [0.1, 0.15) is 209 Å². The molecule has 0 aromatic heterocycles. The third-order valence-corrected chi connectivity index (χ3v) is 7.97. The van der Waals surface area contributed by atoms with Crippen molar-refractivity contribution in [3.8, 4) is 0 Å². The van der Waals surface area contributed by atoms with Crippen molar-refractivity contribution < 1.29 is 0 Å². The van der Waals surface area contributed by atoms with Crippen LogP contribution in [0.3, 0.4) is 0 Å². The van der Waals surface area contributed by atoms with Crippen molar-refractivity contribution in [1.29, 1.82) is 0 Å². The Morgan fingerprint density at radius 3 is 1.59 bits per heavy atom. The molecule has 0 spiro atoms. The van der Waals surface area contributed by atoms with E-state index in [2.05, 4.69) is 166 Å². The molecule has 1 aromatic carbocycles. The second kappa shape index (κ2) is 50.2. The largest absolute Gasteiger partial charge is 0.106 e. The van der Waals surface area contributed by atoms with Gasteiger partial charge in [0.1, 0.15) is 0 Å². The van der Waals surface area contributed by atoms with Gasteiger partial charge in [0.25, 0.3) is 0 Å². The maximum absolute atomic E-state index is 3.94. The summed E-state index contributed by atoms with van der Waals surface area (Å²) in [4.78, 5) is 0. The summed E-state index contributed by atoms with van der Waals surface area (Å²) in [5.41, 5.74) is 14.1. The first kappa shape index (κ1) is 74.1. The molecule has 1 aromatic rings. The molecule has 0 saturated carbocycles. The molecule has 0 radical (unpaired) electrons. The number of rotatable bonds is 8. The van der Waals surface area contributed by atoms with Crippen LogP contribution in [0.15, 0.2) is 114 Å². The van der Waals surface area contributed by atoms with E-state index in [-0.39, 0.29) is 14.9 Å². The van der Waals surface area contributed by atoms with Gasteiger partial charge in [0, 0.05) is 0 Å². The topological polar surface area (TPSA) is 0 Å². The summed E-state index contributed by atoms with van der Waals surface area (Å²) in [5.74, 6) is 1.56. The van der Waals surface area contributed by atoms with Crippen molar-refractivity contribution in [2.24, 2.45) is 17.3 Å². The molecule has 0 N–H and O–H groups in total. The fourth-order valence-corrected chi connectivity index (χ4v) is 4.44. The highest BCUT2D eigenvalue weighted by Crippen LogP contribution is 2.33. The molecule has 0 aliphatic heterocycles. The Morgan fingerprint density at radius 1 is 0.821 bits per heavy atom. The second-order valence-electron chi connectivity index (χ2n) is 15.0. The highest BCUT2D eigenvalue weighted by molar-refractivity contribution is 5.35. The van der Waals surface area contributed by atoms with Crippen LogP contribution in [-0.4, -0.2) is 0 Å². The minimum atomic E-state index is 0. The number of hydrogen-bond acceptors (Lipinski definition) is 0. The maximum atomic E-state index is 3.94. The van der Waals surface area contributed by atoms with Gasteiger partial charge in [-0.25, -0.2) is 0 Å². The average Bonchev–Trinajstić information content (AvgIpc) is 3.13. The van der Waals surface area contributed by atoms with E-state index in [0.717, 1.165) is 35.8 Å². The van der Waals surface area contributed by atoms with Crippen molar-refractivity contribution in [1.82, 2.24) is 0 Å². The molecule has 0 nitrogen and oxygen atoms in total. The first-order chi connectivity index (χ1) is 25.1. The lowest BCUT2D eigenvalue weighted by atomic mass is 9.82. The highest BCUT2D eigenvalue weighted by Gasteiger charge is 2.16. The van der Waals surface area contributed by atoms with Gasteiger partial charge in [-0.15, -0.1) is 13.2 Å². The summed E-state index contributed by atoms with van der Waals surface area (Å²) in [5, 5.41) is 0. The molecule has 1 aliphatic carbocycles. The van der Waals surface area contributed by atoms with Crippen LogP contribution in [0, 0.1) is 31.1 Å². The van der Waals surface area contributed by atoms with Gasteiger partial charge in [-0.05, 0) is 134 Å². The molecule has 1 unspecified atom stereocenters. The fraction of sp³-hybridized carbons (Fsp3) is 0.607. The summed E-state index contributed by atoms with van der Waals surface area (Å²) in [6, 6.07) is 6.64. The van der Waals surface area contributed by atoms with Gasteiger partial charge in [-0.1, -0.05) is 214 Å². The first-order valence-corrected chi connectivity index (χ1v) is 21.3. The summed E-state index contributed by atoms with van der Waals surface area (Å²) >= 11 is 0. The van der Waals surface area contributed by atoms with Gasteiger partial charge in [-0.2, -0.15) is 0 Å². The minimum absolute atomic E-state index is 0. The summed E-state index contributed by atoms with van der Waals surface area (Å²) in [6.07, 6.45) is 15.9. The molecule has 2 rings (SSSR count). The predicted octanol–water partition coefficient (Wildman–Crippen LogP) is 20.8. The zero-order chi connectivity index (χ0) is 44.6. The Hall–Kier alpha value is -2.86. The minimum Gasteiger partial charge on any atom is -0.106 e. The molecule has 0 fully saturated rings. The quantitative estimate of drug-likeness (QED) is 0.182. The van der Waals surface area contributed by atoms with Gasteiger partial charge in [0.05, 0.1) is 0 Å². The zero-order valence-corrected chi connectivity index (χ0v) is 41.5. The van der Waals surface area contributed by atoms with Crippen molar-refractivity contribution in [3.05, 3.63) is 131 Å². The zero-order valence-electron chi connectivity index (χ0n) is 41.5. The number of aryl methyl sites for hydroxylation is 3. The van der Waals surface area contributed by atoms with Gasteiger partial charge in [0.2, 0.25) is 0 Å². The Morgan fingerprint density at radius 2 is 1.27 bits per heavy atom. The predicted molar refractivity (Wildman–Crippen MR) is 276 cm³/mol. The van der Waals surface area contributed by atoms with Crippen LogP contribution in [0.4, 0.5) is 0 Å². The van der Waals surface area contributed by atoms with E-state index in [1.807, 2.05) is 68.4 Å². The van der Waals surface area contributed by atoms with Crippen LogP contribution in [0.25, 0.3) is 0 Å². The lowest BCUT2D eigenvalue weighted by Gasteiger charge is -2.24. The Labute approximate surface area is 359 Å². The van der Waals surface area contributed by atoms with E-state index < -0.39 is 0 Å². The number of benzene rings is 1. The molecular formula is C56H108. The van der Waals surface area contributed by atoms with Crippen molar-refractivity contribution in [2.75, 3.05) is 0 Å². The van der Waals surface area contributed by atoms with Gasteiger partial charge in [-0.3, -0.25) is 0 Å². The van der Waals surface area contributed by atoms with Crippen LogP contribution in [0.2, 0.25) is 0 Å². The SMILES string of the molecule is C.C.C/C=C(/C)C1=C(C)[C@@H](C)CCC1.C=C.C=C(C)/C=C(C)\C=C/C.C=C(C)C(=C)CC(C)CC.CC.CC.CC.CC(C)(C)C.CCc1ccc(C)c(C)c1. The third kappa shape index (κ3) is 53.2. The van der Waals surface area contributed by atoms with E-state index in [1.165, 1.54) is 59.1 Å². The monoisotopic (exact) mass is 781 g/mol. The first-order valence-electron chi connectivity index (χ1n) is 21.3. The van der Waals surface area contributed by atoms with E-state index in [1.54, 1.807) is 11.1 Å². The normalized spacial score (nSPS) is 13.2. The molecule has 56 heavy (non-hydrogen) atoms. The molecule has 332 valence electrons. The Kier molecular flexibility index (Phi) is 66.4. The van der Waals surface area contributed by atoms with Crippen LogP contribution < -0.4 is 0 Å². The average molecular weight is 781 g/mol. The van der Waals surface area contributed by atoms with Gasteiger partial charge < -0.3 is 0 Å². The lowest BCUT2D eigenvalue weighted by molar-refractivity contribution is 0.469. The van der Waals surface area contributed by atoms with Crippen LogP contribution in [-0.2, 0) is 6.42 Å². The van der Waals surface area contributed by atoms with Crippen molar-refractivity contribution in [2.45, 2.75) is 213 Å². The Balaban J connectivity index is -0.0000000677.